The number of anilines is 1. The highest BCUT2D eigenvalue weighted by Crippen LogP contribution is 2.22. The van der Waals surface area contributed by atoms with E-state index in [1.807, 2.05) is 24.3 Å². The van der Waals surface area contributed by atoms with Gasteiger partial charge in [0.05, 0.1) is 7.11 Å². The van der Waals surface area contributed by atoms with Gasteiger partial charge < -0.3 is 20.7 Å². The SMILES string of the molecule is COc1cccc(N(CCCN)CCC(=O)NC2CC2)c1. The Kier molecular flexibility index (Phi) is 5.87. The molecule has 0 unspecified atom stereocenters. The number of carbonyl (C=O) groups excluding carboxylic acids is 1. The molecule has 1 aromatic carbocycles. The number of carbonyl (C=O) groups is 1. The van der Waals surface area contributed by atoms with Crippen molar-refractivity contribution in [1.82, 2.24) is 5.32 Å². The topological polar surface area (TPSA) is 67.6 Å². The summed E-state index contributed by atoms with van der Waals surface area (Å²) in [5.41, 5.74) is 6.68. The molecule has 0 spiro atoms. The fraction of sp³-hybridized carbons (Fsp3) is 0.562. The monoisotopic (exact) mass is 291 g/mol. The maximum absolute atomic E-state index is 11.8. The third kappa shape index (κ3) is 5.27. The van der Waals surface area contributed by atoms with Gasteiger partial charge in [-0.25, -0.2) is 0 Å². The summed E-state index contributed by atoms with van der Waals surface area (Å²) in [7, 11) is 1.66. The summed E-state index contributed by atoms with van der Waals surface area (Å²) in [6.07, 6.45) is 3.66. The van der Waals surface area contributed by atoms with E-state index in [1.165, 1.54) is 0 Å². The van der Waals surface area contributed by atoms with Crippen LogP contribution in [0.4, 0.5) is 5.69 Å². The zero-order valence-corrected chi connectivity index (χ0v) is 12.7. The van der Waals surface area contributed by atoms with E-state index in [0.29, 0.717) is 25.6 Å². The van der Waals surface area contributed by atoms with Gasteiger partial charge in [-0.2, -0.15) is 0 Å². The van der Waals surface area contributed by atoms with Crippen LogP contribution in [0.25, 0.3) is 0 Å². The molecule has 1 saturated carbocycles. The number of benzene rings is 1. The van der Waals surface area contributed by atoms with Crippen LogP contribution in [0.1, 0.15) is 25.7 Å². The summed E-state index contributed by atoms with van der Waals surface area (Å²) in [6, 6.07) is 8.35. The molecule has 0 atom stereocenters. The van der Waals surface area contributed by atoms with Crippen LogP contribution in [0, 0.1) is 0 Å². The van der Waals surface area contributed by atoms with Gasteiger partial charge in [-0.3, -0.25) is 4.79 Å². The summed E-state index contributed by atoms with van der Waals surface area (Å²) in [4.78, 5) is 14.0. The lowest BCUT2D eigenvalue weighted by Gasteiger charge is -2.25. The molecule has 1 aliphatic carbocycles. The molecule has 2 rings (SSSR count). The molecule has 1 aromatic rings. The molecule has 0 heterocycles. The van der Waals surface area contributed by atoms with Crippen LogP contribution in [0.2, 0.25) is 0 Å². The molecule has 1 fully saturated rings. The number of hydrogen-bond donors (Lipinski definition) is 2. The van der Waals surface area contributed by atoms with E-state index in [0.717, 1.165) is 37.2 Å². The fourth-order valence-corrected chi connectivity index (χ4v) is 2.22. The molecule has 3 N–H and O–H groups in total. The van der Waals surface area contributed by atoms with Gasteiger partial charge in [-0.15, -0.1) is 0 Å². The van der Waals surface area contributed by atoms with E-state index in [4.69, 9.17) is 10.5 Å². The lowest BCUT2D eigenvalue weighted by Crippen LogP contribution is -2.33. The molecule has 21 heavy (non-hydrogen) atoms. The molecule has 5 heteroatoms. The summed E-state index contributed by atoms with van der Waals surface area (Å²) in [5, 5.41) is 3.02. The molecule has 0 aromatic heterocycles. The van der Waals surface area contributed by atoms with Crippen molar-refractivity contribution in [1.29, 1.82) is 0 Å². The van der Waals surface area contributed by atoms with Gasteiger partial charge in [0.15, 0.2) is 0 Å². The van der Waals surface area contributed by atoms with E-state index < -0.39 is 0 Å². The zero-order chi connectivity index (χ0) is 15.1. The summed E-state index contributed by atoms with van der Waals surface area (Å²) < 4.78 is 5.27. The van der Waals surface area contributed by atoms with E-state index >= 15 is 0 Å². The van der Waals surface area contributed by atoms with Crippen molar-refractivity contribution in [2.24, 2.45) is 5.73 Å². The highest BCUT2D eigenvalue weighted by molar-refractivity contribution is 5.77. The summed E-state index contributed by atoms with van der Waals surface area (Å²) in [5.74, 6) is 0.964. The minimum absolute atomic E-state index is 0.137. The molecule has 0 radical (unpaired) electrons. The Bertz CT molecular complexity index is 461. The number of amides is 1. The van der Waals surface area contributed by atoms with Crippen molar-refractivity contribution < 1.29 is 9.53 Å². The van der Waals surface area contributed by atoms with Crippen LogP contribution in [-0.4, -0.2) is 38.7 Å². The van der Waals surface area contributed by atoms with Crippen molar-refractivity contribution in [2.45, 2.75) is 31.7 Å². The second kappa shape index (κ2) is 7.88. The number of nitrogens with one attached hydrogen (secondary N) is 1. The molecule has 0 bridgehead atoms. The van der Waals surface area contributed by atoms with Crippen LogP contribution in [0.5, 0.6) is 5.75 Å². The zero-order valence-electron chi connectivity index (χ0n) is 12.7. The highest BCUT2D eigenvalue weighted by atomic mass is 16.5. The summed E-state index contributed by atoms with van der Waals surface area (Å²) in [6.45, 7) is 2.20. The minimum Gasteiger partial charge on any atom is -0.497 e. The molecule has 1 amide bonds. The van der Waals surface area contributed by atoms with Gasteiger partial charge in [0, 0.05) is 37.3 Å². The van der Waals surface area contributed by atoms with Crippen molar-refractivity contribution in [2.75, 3.05) is 31.6 Å². The first-order chi connectivity index (χ1) is 10.2. The quantitative estimate of drug-likeness (QED) is 0.724. The molecule has 0 aliphatic heterocycles. The van der Waals surface area contributed by atoms with Gasteiger partial charge in [0.1, 0.15) is 5.75 Å². The van der Waals surface area contributed by atoms with Crippen LogP contribution in [-0.2, 0) is 4.79 Å². The van der Waals surface area contributed by atoms with Gasteiger partial charge >= 0.3 is 0 Å². The van der Waals surface area contributed by atoms with E-state index in [2.05, 4.69) is 10.2 Å². The van der Waals surface area contributed by atoms with E-state index in [-0.39, 0.29) is 5.91 Å². The maximum atomic E-state index is 11.8. The van der Waals surface area contributed by atoms with Gasteiger partial charge in [-0.05, 0) is 37.9 Å². The predicted octanol–water partition coefficient (Wildman–Crippen LogP) is 1.52. The predicted molar refractivity (Wildman–Crippen MR) is 84.7 cm³/mol. The second-order valence-corrected chi connectivity index (χ2v) is 5.42. The average Bonchev–Trinajstić information content (AvgIpc) is 3.31. The van der Waals surface area contributed by atoms with E-state index in [1.54, 1.807) is 7.11 Å². The number of hydrogen-bond acceptors (Lipinski definition) is 4. The van der Waals surface area contributed by atoms with Crippen molar-refractivity contribution in [3.8, 4) is 5.75 Å². The first-order valence-electron chi connectivity index (χ1n) is 7.61. The summed E-state index contributed by atoms with van der Waals surface area (Å²) >= 11 is 0. The Morgan fingerprint density at radius 2 is 2.24 bits per heavy atom. The number of methoxy groups -OCH3 is 1. The van der Waals surface area contributed by atoms with Gasteiger partial charge in [0.2, 0.25) is 5.91 Å². The number of ether oxygens (including phenoxy) is 1. The Hall–Kier alpha value is -1.75. The van der Waals surface area contributed by atoms with Crippen molar-refractivity contribution in [3.05, 3.63) is 24.3 Å². The molecule has 1 aliphatic rings. The fourth-order valence-electron chi connectivity index (χ4n) is 2.22. The average molecular weight is 291 g/mol. The van der Waals surface area contributed by atoms with Crippen LogP contribution in [0.15, 0.2) is 24.3 Å². The van der Waals surface area contributed by atoms with Crippen molar-refractivity contribution in [3.63, 3.8) is 0 Å². The highest BCUT2D eigenvalue weighted by Gasteiger charge is 2.23. The van der Waals surface area contributed by atoms with E-state index in [9.17, 15) is 4.79 Å². The Balaban J connectivity index is 1.93. The smallest absolute Gasteiger partial charge is 0.221 e. The Morgan fingerprint density at radius 3 is 2.90 bits per heavy atom. The minimum atomic E-state index is 0.137. The molecule has 116 valence electrons. The molecule has 0 saturated heterocycles. The second-order valence-electron chi connectivity index (χ2n) is 5.42. The third-order valence-corrected chi connectivity index (χ3v) is 3.60. The normalized spacial score (nSPS) is 13.8. The number of nitrogens with two attached hydrogens (primary N) is 1. The lowest BCUT2D eigenvalue weighted by atomic mass is 10.2. The standard InChI is InChI=1S/C16H25N3O2/c1-21-15-5-2-4-14(12-15)19(10-3-9-17)11-8-16(20)18-13-6-7-13/h2,4-5,12-13H,3,6-11,17H2,1H3,(H,18,20). The van der Waals surface area contributed by atoms with Gasteiger partial charge in [-0.1, -0.05) is 6.07 Å². The first-order valence-corrected chi connectivity index (χ1v) is 7.61. The van der Waals surface area contributed by atoms with Crippen molar-refractivity contribution >= 4 is 11.6 Å². The number of nitrogens with zero attached hydrogens (tertiary/aromatic N) is 1. The molecule has 5 nitrogen and oxygen atoms in total. The van der Waals surface area contributed by atoms with Crippen LogP contribution < -0.4 is 20.7 Å². The Labute approximate surface area is 126 Å². The maximum Gasteiger partial charge on any atom is 0.221 e. The van der Waals surface area contributed by atoms with Gasteiger partial charge in [0.25, 0.3) is 0 Å². The number of rotatable bonds is 9. The molecular weight excluding hydrogens is 266 g/mol. The largest absolute Gasteiger partial charge is 0.497 e. The Morgan fingerprint density at radius 1 is 1.43 bits per heavy atom. The molecular formula is C16H25N3O2. The van der Waals surface area contributed by atoms with Crippen LogP contribution in [0.3, 0.4) is 0 Å². The first kappa shape index (κ1) is 15.6. The lowest BCUT2D eigenvalue weighted by molar-refractivity contribution is -0.121. The third-order valence-electron chi connectivity index (χ3n) is 3.60. The van der Waals surface area contributed by atoms with Crippen LogP contribution >= 0.6 is 0 Å².